The average molecular weight is 202 g/mol. The molecular weight excluding hydrogens is 194 g/mol. The molecule has 1 heterocycles. The maximum absolute atomic E-state index is 12.4. The van der Waals surface area contributed by atoms with Crippen molar-refractivity contribution in [1.29, 1.82) is 0 Å². The lowest BCUT2D eigenvalue weighted by Gasteiger charge is -2.09. The summed E-state index contributed by atoms with van der Waals surface area (Å²) < 4.78 is 24.8. The summed E-state index contributed by atoms with van der Waals surface area (Å²) in [7, 11) is 0. The van der Waals surface area contributed by atoms with Gasteiger partial charge in [-0.25, -0.2) is 13.6 Å². The van der Waals surface area contributed by atoms with Crippen molar-refractivity contribution in [2.45, 2.75) is 13.3 Å². The third-order valence-electron chi connectivity index (χ3n) is 1.81. The molecular formula is C8H8F2N2O2. The van der Waals surface area contributed by atoms with Crippen LogP contribution in [0.15, 0.2) is 6.20 Å². The maximum atomic E-state index is 12.4. The molecule has 0 aliphatic heterocycles. The number of nitrogens with zero attached hydrogens (tertiary/aromatic N) is 1. The molecule has 0 fully saturated rings. The fourth-order valence-electron chi connectivity index (χ4n) is 1.09. The fraction of sp³-hybridized carbons (Fsp3) is 0.250. The number of aryl methyl sites for hydroxylation is 1. The number of carboxylic acid groups (broad SMARTS) is 1. The van der Waals surface area contributed by atoms with E-state index < -0.39 is 29.2 Å². The predicted octanol–water partition coefficient (Wildman–Crippen LogP) is 1.61. The molecule has 6 heteroatoms. The Labute approximate surface area is 78.4 Å². The quantitative estimate of drug-likeness (QED) is 0.763. The first-order valence-electron chi connectivity index (χ1n) is 3.71. The van der Waals surface area contributed by atoms with Crippen LogP contribution in [0, 0.1) is 6.92 Å². The summed E-state index contributed by atoms with van der Waals surface area (Å²) in [5, 5.41) is 8.60. The maximum Gasteiger partial charge on any atom is 0.339 e. The lowest BCUT2D eigenvalue weighted by Crippen LogP contribution is -2.09. The minimum atomic E-state index is -2.82. The minimum Gasteiger partial charge on any atom is -0.478 e. The van der Waals surface area contributed by atoms with Gasteiger partial charge in [-0.1, -0.05) is 0 Å². The van der Waals surface area contributed by atoms with Crippen molar-refractivity contribution in [3.05, 3.63) is 23.0 Å². The molecule has 1 rings (SSSR count). The van der Waals surface area contributed by atoms with Crippen LogP contribution in [0.25, 0.3) is 0 Å². The van der Waals surface area contributed by atoms with Gasteiger partial charge in [-0.3, -0.25) is 4.98 Å². The van der Waals surface area contributed by atoms with E-state index in [2.05, 4.69) is 4.98 Å². The SMILES string of the molecule is Cc1ncc(C(=O)O)c(N)c1C(F)F. The van der Waals surface area contributed by atoms with Gasteiger partial charge in [0.25, 0.3) is 6.43 Å². The number of aromatic carboxylic acids is 1. The molecule has 0 radical (unpaired) electrons. The Hall–Kier alpha value is -1.72. The van der Waals surface area contributed by atoms with E-state index in [1.165, 1.54) is 6.92 Å². The van der Waals surface area contributed by atoms with E-state index in [9.17, 15) is 13.6 Å². The van der Waals surface area contributed by atoms with E-state index in [0.717, 1.165) is 6.20 Å². The number of alkyl halides is 2. The van der Waals surface area contributed by atoms with Gasteiger partial charge < -0.3 is 10.8 Å². The van der Waals surface area contributed by atoms with Gasteiger partial charge >= 0.3 is 5.97 Å². The zero-order chi connectivity index (χ0) is 10.9. The zero-order valence-electron chi connectivity index (χ0n) is 7.29. The van der Waals surface area contributed by atoms with Gasteiger partial charge in [-0.05, 0) is 6.92 Å². The summed E-state index contributed by atoms with van der Waals surface area (Å²) >= 11 is 0. The second-order valence-electron chi connectivity index (χ2n) is 2.69. The summed E-state index contributed by atoms with van der Waals surface area (Å²) in [6, 6.07) is 0. The van der Waals surface area contributed by atoms with Crippen LogP contribution in [0.2, 0.25) is 0 Å². The van der Waals surface area contributed by atoms with Crippen molar-refractivity contribution in [3.8, 4) is 0 Å². The molecule has 1 aromatic rings. The van der Waals surface area contributed by atoms with Crippen LogP contribution in [0.1, 0.15) is 28.0 Å². The standard InChI is InChI=1S/C8H8F2N2O2/c1-3-5(7(9)10)6(11)4(2-12-3)8(13)14/h2,7H,1H3,(H2,11,12)(H,13,14). The first-order valence-corrected chi connectivity index (χ1v) is 3.71. The van der Waals surface area contributed by atoms with Crippen molar-refractivity contribution in [2.75, 3.05) is 5.73 Å². The Morgan fingerprint density at radius 2 is 2.21 bits per heavy atom. The van der Waals surface area contributed by atoms with E-state index in [-0.39, 0.29) is 5.69 Å². The van der Waals surface area contributed by atoms with Gasteiger partial charge in [0.15, 0.2) is 0 Å². The highest BCUT2D eigenvalue weighted by Crippen LogP contribution is 2.29. The van der Waals surface area contributed by atoms with Crippen molar-refractivity contribution in [1.82, 2.24) is 4.98 Å². The summed E-state index contributed by atoms with van der Waals surface area (Å²) in [5.41, 5.74) is 4.01. The first kappa shape index (κ1) is 10.4. The molecule has 0 bridgehead atoms. The van der Waals surface area contributed by atoms with E-state index >= 15 is 0 Å². The third kappa shape index (κ3) is 1.63. The number of hydrogen-bond acceptors (Lipinski definition) is 3. The highest BCUT2D eigenvalue weighted by atomic mass is 19.3. The summed E-state index contributed by atoms with van der Waals surface area (Å²) in [4.78, 5) is 14.1. The first-order chi connectivity index (χ1) is 6.45. The molecule has 0 amide bonds. The molecule has 0 aliphatic carbocycles. The number of carbonyl (C=O) groups is 1. The zero-order valence-corrected chi connectivity index (χ0v) is 7.29. The molecule has 0 aromatic carbocycles. The molecule has 0 aliphatic rings. The molecule has 76 valence electrons. The van der Waals surface area contributed by atoms with Gasteiger partial charge in [-0.15, -0.1) is 0 Å². The number of nitrogens with two attached hydrogens (primary N) is 1. The smallest absolute Gasteiger partial charge is 0.339 e. The molecule has 0 unspecified atom stereocenters. The molecule has 4 nitrogen and oxygen atoms in total. The highest BCUT2D eigenvalue weighted by Gasteiger charge is 2.20. The number of rotatable bonds is 2. The van der Waals surface area contributed by atoms with Crippen LogP contribution in [0.5, 0.6) is 0 Å². The Balaban J connectivity index is 3.41. The monoisotopic (exact) mass is 202 g/mol. The van der Waals surface area contributed by atoms with Crippen LogP contribution in [0.3, 0.4) is 0 Å². The van der Waals surface area contributed by atoms with Crippen molar-refractivity contribution >= 4 is 11.7 Å². The molecule has 1 aromatic heterocycles. The number of hydrogen-bond donors (Lipinski definition) is 2. The van der Waals surface area contributed by atoms with Crippen LogP contribution < -0.4 is 5.73 Å². The number of nitrogen functional groups attached to an aromatic ring is 1. The Morgan fingerprint density at radius 3 is 2.64 bits per heavy atom. The number of anilines is 1. The third-order valence-corrected chi connectivity index (χ3v) is 1.81. The molecule has 0 spiro atoms. The fourth-order valence-corrected chi connectivity index (χ4v) is 1.09. The van der Waals surface area contributed by atoms with E-state index in [4.69, 9.17) is 10.8 Å². The van der Waals surface area contributed by atoms with Gasteiger partial charge in [-0.2, -0.15) is 0 Å². The molecule has 3 N–H and O–H groups in total. The Bertz CT molecular complexity index is 380. The largest absolute Gasteiger partial charge is 0.478 e. The Morgan fingerprint density at radius 1 is 1.64 bits per heavy atom. The molecule has 0 saturated carbocycles. The topological polar surface area (TPSA) is 76.2 Å². The summed E-state index contributed by atoms with van der Waals surface area (Å²) in [6.45, 7) is 1.35. The highest BCUT2D eigenvalue weighted by molar-refractivity contribution is 5.94. The van der Waals surface area contributed by atoms with Crippen LogP contribution in [-0.2, 0) is 0 Å². The number of halogens is 2. The molecule has 14 heavy (non-hydrogen) atoms. The van der Waals surface area contributed by atoms with E-state index in [1.807, 2.05) is 0 Å². The van der Waals surface area contributed by atoms with Gasteiger partial charge in [0, 0.05) is 11.9 Å². The van der Waals surface area contributed by atoms with Crippen LogP contribution >= 0.6 is 0 Å². The molecule has 0 saturated heterocycles. The lowest BCUT2D eigenvalue weighted by molar-refractivity contribution is 0.0697. The normalized spacial score (nSPS) is 10.6. The minimum absolute atomic E-state index is 0.0440. The molecule has 0 atom stereocenters. The summed E-state index contributed by atoms with van der Waals surface area (Å²) in [5.74, 6) is -1.36. The second kappa shape index (κ2) is 3.57. The average Bonchev–Trinajstić information content (AvgIpc) is 2.02. The summed E-state index contributed by atoms with van der Waals surface area (Å²) in [6.07, 6.45) is -1.85. The van der Waals surface area contributed by atoms with Crippen molar-refractivity contribution in [2.24, 2.45) is 0 Å². The van der Waals surface area contributed by atoms with Crippen molar-refractivity contribution in [3.63, 3.8) is 0 Å². The second-order valence-corrected chi connectivity index (χ2v) is 2.69. The van der Waals surface area contributed by atoms with Crippen LogP contribution in [-0.4, -0.2) is 16.1 Å². The lowest BCUT2D eigenvalue weighted by atomic mass is 10.1. The van der Waals surface area contributed by atoms with Gasteiger partial charge in [0.1, 0.15) is 5.56 Å². The van der Waals surface area contributed by atoms with E-state index in [0.29, 0.717) is 0 Å². The number of pyridine rings is 1. The van der Waals surface area contributed by atoms with E-state index in [1.54, 1.807) is 0 Å². The number of aromatic nitrogens is 1. The van der Waals surface area contributed by atoms with Crippen molar-refractivity contribution < 1.29 is 18.7 Å². The van der Waals surface area contributed by atoms with Gasteiger partial charge in [0.05, 0.1) is 11.3 Å². The van der Waals surface area contributed by atoms with Crippen LogP contribution in [0.4, 0.5) is 14.5 Å². The predicted molar refractivity (Wildman–Crippen MR) is 45.3 cm³/mol. The van der Waals surface area contributed by atoms with Gasteiger partial charge in [0.2, 0.25) is 0 Å². The number of carboxylic acids is 1. The Kier molecular flexibility index (Phi) is 2.64.